The molecule has 1 amide bonds. The number of esters is 1. The molecule has 25 heavy (non-hydrogen) atoms. The predicted octanol–water partition coefficient (Wildman–Crippen LogP) is 3.23. The zero-order valence-corrected chi connectivity index (χ0v) is 14.6. The van der Waals surface area contributed by atoms with E-state index in [1.807, 2.05) is 60.7 Å². The van der Waals surface area contributed by atoms with E-state index in [0.717, 1.165) is 11.1 Å². The molecule has 2 atom stereocenters. The number of hydrogen-bond acceptors (Lipinski definition) is 3. The second-order valence-electron chi connectivity index (χ2n) is 6.62. The molecule has 1 aliphatic heterocycles. The minimum Gasteiger partial charge on any atom is -0.467 e. The highest BCUT2D eigenvalue weighted by atomic mass is 16.5. The van der Waals surface area contributed by atoms with Gasteiger partial charge < -0.3 is 9.64 Å². The maximum absolute atomic E-state index is 13.4. The summed E-state index contributed by atoms with van der Waals surface area (Å²) in [6.07, 6.45) is 0.648. The van der Waals surface area contributed by atoms with Gasteiger partial charge in [0, 0.05) is 6.54 Å². The van der Waals surface area contributed by atoms with Crippen LogP contribution in [0, 0.1) is 5.92 Å². The van der Waals surface area contributed by atoms with Gasteiger partial charge in [-0.2, -0.15) is 0 Å². The zero-order valence-electron chi connectivity index (χ0n) is 14.6. The summed E-state index contributed by atoms with van der Waals surface area (Å²) in [5, 5.41) is 0. The summed E-state index contributed by atoms with van der Waals surface area (Å²) in [5.41, 5.74) is 1.86. The summed E-state index contributed by atoms with van der Waals surface area (Å²) in [6.45, 7) is 2.64. The molecular formula is C21H23NO3. The summed E-state index contributed by atoms with van der Waals surface area (Å²) in [4.78, 5) is 27.3. The quantitative estimate of drug-likeness (QED) is 0.805. The lowest BCUT2D eigenvalue weighted by Crippen LogP contribution is -2.43. The number of rotatable bonds is 4. The first kappa shape index (κ1) is 17.2. The van der Waals surface area contributed by atoms with E-state index < -0.39 is 12.0 Å². The van der Waals surface area contributed by atoms with Crippen LogP contribution in [0.5, 0.6) is 0 Å². The fourth-order valence-electron chi connectivity index (χ4n) is 3.58. The topological polar surface area (TPSA) is 46.6 Å². The Labute approximate surface area is 148 Å². The van der Waals surface area contributed by atoms with Crippen LogP contribution in [0.25, 0.3) is 0 Å². The Hall–Kier alpha value is -2.62. The predicted molar refractivity (Wildman–Crippen MR) is 96.0 cm³/mol. The van der Waals surface area contributed by atoms with Crippen molar-refractivity contribution in [1.29, 1.82) is 0 Å². The Bertz CT molecular complexity index is 690. The number of amides is 1. The average Bonchev–Trinajstić information content (AvgIpc) is 3.05. The molecular weight excluding hydrogens is 314 g/mol. The average molecular weight is 337 g/mol. The first-order valence-electron chi connectivity index (χ1n) is 8.60. The molecule has 2 aromatic rings. The highest BCUT2D eigenvalue weighted by Gasteiger charge is 2.41. The van der Waals surface area contributed by atoms with Crippen LogP contribution in [-0.4, -0.2) is 36.5 Å². The molecule has 0 unspecified atom stereocenters. The van der Waals surface area contributed by atoms with E-state index in [-0.39, 0.29) is 17.8 Å². The molecule has 0 aromatic heterocycles. The SMILES string of the molecule is COC(=O)[C@@H]1C[C@H](C)CN1C(=O)C(c1ccccc1)c1ccccc1. The Balaban J connectivity index is 1.98. The number of benzene rings is 2. The molecule has 0 spiro atoms. The van der Waals surface area contributed by atoms with Crippen molar-refractivity contribution in [3.05, 3.63) is 71.8 Å². The molecule has 4 heteroatoms. The van der Waals surface area contributed by atoms with Crippen LogP contribution in [0.15, 0.2) is 60.7 Å². The van der Waals surface area contributed by atoms with Crippen LogP contribution >= 0.6 is 0 Å². The second-order valence-corrected chi connectivity index (χ2v) is 6.62. The van der Waals surface area contributed by atoms with Crippen LogP contribution < -0.4 is 0 Å². The molecule has 1 fully saturated rings. The minimum absolute atomic E-state index is 0.0443. The molecule has 1 saturated heterocycles. The van der Waals surface area contributed by atoms with Crippen molar-refractivity contribution in [3.8, 4) is 0 Å². The van der Waals surface area contributed by atoms with Crippen molar-refractivity contribution < 1.29 is 14.3 Å². The largest absolute Gasteiger partial charge is 0.467 e. The van der Waals surface area contributed by atoms with Crippen LogP contribution in [-0.2, 0) is 14.3 Å². The fraction of sp³-hybridized carbons (Fsp3) is 0.333. The van der Waals surface area contributed by atoms with Crippen molar-refractivity contribution in [1.82, 2.24) is 4.90 Å². The van der Waals surface area contributed by atoms with Crippen molar-refractivity contribution >= 4 is 11.9 Å². The Kier molecular flexibility index (Phi) is 5.17. The minimum atomic E-state index is -0.498. The third-order valence-corrected chi connectivity index (χ3v) is 4.78. The van der Waals surface area contributed by atoms with Gasteiger partial charge in [-0.15, -0.1) is 0 Å². The van der Waals surface area contributed by atoms with Crippen molar-refractivity contribution in [2.24, 2.45) is 5.92 Å². The molecule has 0 aliphatic carbocycles. The van der Waals surface area contributed by atoms with E-state index in [2.05, 4.69) is 6.92 Å². The lowest BCUT2D eigenvalue weighted by atomic mass is 9.90. The molecule has 0 radical (unpaired) electrons. The van der Waals surface area contributed by atoms with Crippen LogP contribution in [0.3, 0.4) is 0 Å². The second kappa shape index (κ2) is 7.51. The molecule has 0 saturated carbocycles. The van der Waals surface area contributed by atoms with E-state index in [4.69, 9.17) is 4.74 Å². The first-order valence-corrected chi connectivity index (χ1v) is 8.60. The maximum atomic E-state index is 13.4. The highest BCUT2D eigenvalue weighted by molar-refractivity contribution is 5.91. The first-order chi connectivity index (χ1) is 12.1. The lowest BCUT2D eigenvalue weighted by Gasteiger charge is -2.28. The normalized spacial score (nSPS) is 19.9. The standard InChI is InChI=1S/C21H23NO3/c1-15-13-18(21(24)25-2)22(14-15)20(23)19(16-9-5-3-6-10-16)17-11-7-4-8-12-17/h3-12,15,18-19H,13-14H2,1-2H3/t15-,18-/m0/s1. The Morgan fingerprint density at radius 3 is 2.00 bits per heavy atom. The fourth-order valence-corrected chi connectivity index (χ4v) is 3.58. The van der Waals surface area contributed by atoms with Gasteiger partial charge in [0.05, 0.1) is 13.0 Å². The van der Waals surface area contributed by atoms with E-state index in [1.54, 1.807) is 4.90 Å². The number of methoxy groups -OCH3 is 1. The Morgan fingerprint density at radius 2 is 1.52 bits per heavy atom. The number of likely N-dealkylation sites (tertiary alicyclic amines) is 1. The molecule has 3 rings (SSSR count). The van der Waals surface area contributed by atoms with Gasteiger partial charge >= 0.3 is 5.97 Å². The zero-order chi connectivity index (χ0) is 17.8. The lowest BCUT2D eigenvalue weighted by molar-refractivity contribution is -0.151. The van der Waals surface area contributed by atoms with Gasteiger partial charge in [0.1, 0.15) is 6.04 Å². The summed E-state index contributed by atoms with van der Waals surface area (Å²) >= 11 is 0. The molecule has 130 valence electrons. The monoisotopic (exact) mass is 337 g/mol. The molecule has 1 heterocycles. The van der Waals surface area contributed by atoms with E-state index in [1.165, 1.54) is 7.11 Å². The van der Waals surface area contributed by atoms with Gasteiger partial charge in [-0.3, -0.25) is 4.79 Å². The van der Waals surface area contributed by atoms with Crippen molar-refractivity contribution in [2.75, 3.05) is 13.7 Å². The number of carbonyl (C=O) groups is 2. The summed E-state index contributed by atoms with van der Waals surface area (Å²) in [6, 6.07) is 18.9. The van der Waals surface area contributed by atoms with Gasteiger partial charge in [-0.1, -0.05) is 67.6 Å². The summed E-state index contributed by atoms with van der Waals surface area (Å²) in [5.74, 6) is -0.519. The molecule has 4 nitrogen and oxygen atoms in total. The maximum Gasteiger partial charge on any atom is 0.328 e. The number of nitrogens with zero attached hydrogens (tertiary/aromatic N) is 1. The molecule has 0 N–H and O–H groups in total. The van der Waals surface area contributed by atoms with Gasteiger partial charge in [0.25, 0.3) is 0 Å². The molecule has 0 bridgehead atoms. The van der Waals surface area contributed by atoms with Gasteiger partial charge in [-0.05, 0) is 23.5 Å². The van der Waals surface area contributed by atoms with Gasteiger partial charge in [0.2, 0.25) is 5.91 Å². The number of carbonyl (C=O) groups excluding carboxylic acids is 2. The van der Waals surface area contributed by atoms with E-state index >= 15 is 0 Å². The number of hydrogen-bond donors (Lipinski definition) is 0. The van der Waals surface area contributed by atoms with Crippen molar-refractivity contribution in [3.63, 3.8) is 0 Å². The van der Waals surface area contributed by atoms with Crippen LogP contribution in [0.2, 0.25) is 0 Å². The third-order valence-electron chi connectivity index (χ3n) is 4.78. The van der Waals surface area contributed by atoms with Crippen molar-refractivity contribution in [2.45, 2.75) is 25.3 Å². The van der Waals surface area contributed by atoms with Crippen LogP contribution in [0.4, 0.5) is 0 Å². The number of ether oxygens (including phenoxy) is 1. The van der Waals surface area contributed by atoms with E-state index in [9.17, 15) is 9.59 Å². The summed E-state index contributed by atoms with van der Waals surface area (Å²) in [7, 11) is 1.37. The van der Waals surface area contributed by atoms with Crippen LogP contribution in [0.1, 0.15) is 30.4 Å². The smallest absolute Gasteiger partial charge is 0.328 e. The highest BCUT2D eigenvalue weighted by Crippen LogP contribution is 2.32. The van der Waals surface area contributed by atoms with Gasteiger partial charge in [-0.25, -0.2) is 4.79 Å². The Morgan fingerprint density at radius 1 is 1.00 bits per heavy atom. The third kappa shape index (κ3) is 3.58. The summed E-state index contributed by atoms with van der Waals surface area (Å²) < 4.78 is 4.92. The molecule has 1 aliphatic rings. The van der Waals surface area contributed by atoms with Gasteiger partial charge in [0.15, 0.2) is 0 Å². The molecule has 2 aromatic carbocycles. The van der Waals surface area contributed by atoms with E-state index in [0.29, 0.717) is 13.0 Å².